The predicted molar refractivity (Wildman–Crippen MR) is 127 cm³/mol. The van der Waals surface area contributed by atoms with Crippen LogP contribution in [0.5, 0.6) is 5.75 Å². The highest BCUT2D eigenvalue weighted by atomic mass is 16.6. The molecule has 0 bridgehead atoms. The number of aliphatic hydroxyl groups excluding tert-OH is 1. The van der Waals surface area contributed by atoms with Gasteiger partial charge >= 0.3 is 5.97 Å². The Hall–Kier alpha value is -4.99. The molecule has 0 saturated carbocycles. The summed E-state index contributed by atoms with van der Waals surface area (Å²) in [6.07, 6.45) is 0. The lowest BCUT2D eigenvalue weighted by Crippen LogP contribution is -2.29. The van der Waals surface area contributed by atoms with Gasteiger partial charge in [0.25, 0.3) is 17.4 Å². The van der Waals surface area contributed by atoms with Crippen molar-refractivity contribution in [3.63, 3.8) is 0 Å². The van der Waals surface area contributed by atoms with Gasteiger partial charge in [-0.05, 0) is 47.5 Å². The summed E-state index contributed by atoms with van der Waals surface area (Å²) in [4.78, 5) is 49.1. The Bertz CT molecular complexity index is 1390. The molecule has 0 spiro atoms. The number of nitro benzene ring substituents is 1. The summed E-state index contributed by atoms with van der Waals surface area (Å²) < 4.78 is 5.29. The molecule has 10 heteroatoms. The molecule has 1 fully saturated rings. The van der Waals surface area contributed by atoms with E-state index < -0.39 is 34.4 Å². The first kappa shape index (κ1) is 24.1. The Kier molecular flexibility index (Phi) is 6.51. The fourth-order valence-electron chi connectivity index (χ4n) is 4.05. The summed E-state index contributed by atoms with van der Waals surface area (Å²) in [5.41, 5.74) is 0.912. The average Bonchev–Trinajstić information content (AvgIpc) is 3.13. The molecule has 1 aliphatic heterocycles. The van der Waals surface area contributed by atoms with Crippen molar-refractivity contribution >= 4 is 29.1 Å². The number of aromatic carboxylic acids is 1. The van der Waals surface area contributed by atoms with Gasteiger partial charge in [0.05, 0.1) is 29.2 Å². The van der Waals surface area contributed by atoms with Gasteiger partial charge in [0.1, 0.15) is 11.5 Å². The fourth-order valence-corrected chi connectivity index (χ4v) is 4.05. The summed E-state index contributed by atoms with van der Waals surface area (Å²) in [5, 5.41) is 31.2. The van der Waals surface area contributed by atoms with Crippen LogP contribution in [0.25, 0.3) is 5.76 Å². The Morgan fingerprint density at radius 3 is 2.22 bits per heavy atom. The van der Waals surface area contributed by atoms with Crippen molar-refractivity contribution in [1.82, 2.24) is 4.90 Å². The number of carbonyl (C=O) groups excluding carboxylic acids is 2. The third-order valence-electron chi connectivity index (χ3n) is 5.85. The molecule has 182 valence electrons. The first-order valence-electron chi connectivity index (χ1n) is 10.7. The molecule has 3 aromatic carbocycles. The second-order valence-electron chi connectivity index (χ2n) is 8.01. The zero-order valence-electron chi connectivity index (χ0n) is 19.0. The van der Waals surface area contributed by atoms with Crippen molar-refractivity contribution < 1.29 is 34.3 Å². The smallest absolute Gasteiger partial charge is 0.335 e. The number of aliphatic hydroxyl groups is 1. The van der Waals surface area contributed by atoms with Gasteiger partial charge in [-0.3, -0.25) is 19.7 Å². The molecule has 0 aromatic heterocycles. The van der Waals surface area contributed by atoms with Gasteiger partial charge < -0.3 is 19.8 Å². The topological polar surface area (TPSA) is 147 Å². The lowest BCUT2D eigenvalue weighted by Gasteiger charge is -2.25. The summed E-state index contributed by atoms with van der Waals surface area (Å²) in [6.45, 7) is -0.0383. The first-order chi connectivity index (χ1) is 17.2. The maximum absolute atomic E-state index is 13.2. The molecule has 2 N–H and O–H groups in total. The second-order valence-corrected chi connectivity index (χ2v) is 8.01. The van der Waals surface area contributed by atoms with E-state index >= 15 is 0 Å². The molecule has 0 aliphatic carbocycles. The van der Waals surface area contributed by atoms with Crippen molar-refractivity contribution in [3.05, 3.63) is 111 Å². The standard InChI is InChI=1S/C26H20N2O8/c1-36-20-4-2-3-18(13-20)22-21(23(29)16-9-11-19(12-10-16)28(34)35)24(30)25(31)27(22)14-15-5-7-17(8-6-15)26(32)33/h2-13,22,29H,14H2,1H3,(H,32,33)/b23-21-. The molecule has 1 amide bonds. The minimum Gasteiger partial charge on any atom is -0.507 e. The van der Waals surface area contributed by atoms with Gasteiger partial charge in [-0.15, -0.1) is 0 Å². The van der Waals surface area contributed by atoms with Crippen LogP contribution in [0.2, 0.25) is 0 Å². The van der Waals surface area contributed by atoms with Gasteiger partial charge in [-0.25, -0.2) is 4.79 Å². The molecule has 1 saturated heterocycles. The number of amides is 1. The van der Waals surface area contributed by atoms with Crippen molar-refractivity contribution in [2.75, 3.05) is 7.11 Å². The number of likely N-dealkylation sites (tertiary alicyclic amines) is 1. The van der Waals surface area contributed by atoms with Gasteiger partial charge in [0.2, 0.25) is 0 Å². The highest BCUT2D eigenvalue weighted by Gasteiger charge is 2.46. The van der Waals surface area contributed by atoms with Crippen LogP contribution in [0.1, 0.15) is 33.1 Å². The SMILES string of the molecule is COc1cccc(C2/C(=C(/O)c3ccc([N+](=O)[O-])cc3)C(=O)C(=O)N2Cc2ccc(C(=O)O)cc2)c1. The number of non-ortho nitro benzene ring substituents is 1. The molecule has 1 unspecified atom stereocenters. The monoisotopic (exact) mass is 488 g/mol. The summed E-state index contributed by atoms with van der Waals surface area (Å²) in [5.74, 6) is -2.87. The number of methoxy groups -OCH3 is 1. The lowest BCUT2D eigenvalue weighted by atomic mass is 9.95. The van der Waals surface area contributed by atoms with E-state index in [9.17, 15) is 29.6 Å². The number of nitrogens with zero attached hydrogens (tertiary/aromatic N) is 2. The molecule has 1 aliphatic rings. The zero-order valence-corrected chi connectivity index (χ0v) is 19.0. The normalized spacial score (nSPS) is 16.7. The maximum Gasteiger partial charge on any atom is 0.335 e. The van der Waals surface area contributed by atoms with Gasteiger partial charge in [0.15, 0.2) is 0 Å². The van der Waals surface area contributed by atoms with Crippen LogP contribution in [-0.2, 0) is 16.1 Å². The Labute approximate surface area is 204 Å². The number of ether oxygens (including phenoxy) is 1. The van der Waals surface area contributed by atoms with E-state index in [0.29, 0.717) is 16.9 Å². The highest BCUT2D eigenvalue weighted by molar-refractivity contribution is 6.46. The fraction of sp³-hybridized carbons (Fsp3) is 0.115. The quantitative estimate of drug-likeness (QED) is 0.167. The van der Waals surface area contributed by atoms with E-state index in [2.05, 4.69) is 0 Å². The van der Waals surface area contributed by atoms with Crippen LogP contribution in [0, 0.1) is 10.1 Å². The van der Waals surface area contributed by atoms with Crippen LogP contribution in [0.3, 0.4) is 0 Å². The molecule has 0 radical (unpaired) electrons. The van der Waals surface area contributed by atoms with E-state index in [1.54, 1.807) is 36.4 Å². The van der Waals surface area contributed by atoms with Crippen molar-refractivity contribution in [1.29, 1.82) is 0 Å². The van der Waals surface area contributed by atoms with Gasteiger partial charge in [-0.1, -0.05) is 24.3 Å². The van der Waals surface area contributed by atoms with Crippen LogP contribution < -0.4 is 4.74 Å². The van der Waals surface area contributed by atoms with Crippen LogP contribution in [0.15, 0.2) is 78.4 Å². The number of ketones is 1. The van der Waals surface area contributed by atoms with E-state index in [4.69, 9.17) is 9.84 Å². The number of hydrogen-bond acceptors (Lipinski definition) is 7. The first-order valence-corrected chi connectivity index (χ1v) is 10.7. The third kappa shape index (κ3) is 4.51. The Balaban J connectivity index is 1.82. The minimum atomic E-state index is -1.10. The highest BCUT2D eigenvalue weighted by Crippen LogP contribution is 2.41. The number of carbonyl (C=O) groups is 3. The average molecular weight is 488 g/mol. The number of hydrogen-bond donors (Lipinski definition) is 2. The van der Waals surface area contributed by atoms with E-state index in [0.717, 1.165) is 0 Å². The van der Waals surface area contributed by atoms with Gasteiger partial charge in [0, 0.05) is 24.2 Å². The summed E-state index contributed by atoms with van der Waals surface area (Å²) >= 11 is 0. The number of rotatable bonds is 7. The van der Waals surface area contributed by atoms with E-state index in [1.807, 2.05) is 0 Å². The lowest BCUT2D eigenvalue weighted by molar-refractivity contribution is -0.384. The molecule has 4 rings (SSSR count). The minimum absolute atomic E-state index is 0.0383. The Morgan fingerprint density at radius 2 is 1.64 bits per heavy atom. The maximum atomic E-state index is 13.2. The van der Waals surface area contributed by atoms with Crippen molar-refractivity contribution in [2.45, 2.75) is 12.6 Å². The Morgan fingerprint density at radius 1 is 1.00 bits per heavy atom. The van der Waals surface area contributed by atoms with Crippen LogP contribution in [-0.4, -0.2) is 44.8 Å². The third-order valence-corrected chi connectivity index (χ3v) is 5.85. The van der Waals surface area contributed by atoms with Gasteiger partial charge in [-0.2, -0.15) is 0 Å². The summed E-state index contributed by atoms with van der Waals surface area (Å²) in [7, 11) is 1.47. The van der Waals surface area contributed by atoms with Crippen molar-refractivity contribution in [2.24, 2.45) is 0 Å². The number of carboxylic acid groups (broad SMARTS) is 1. The molecule has 10 nitrogen and oxygen atoms in total. The molecular weight excluding hydrogens is 468 g/mol. The predicted octanol–water partition coefficient (Wildman–Crippen LogP) is 3.92. The number of carboxylic acids is 1. The molecular formula is C26H20N2O8. The zero-order chi connectivity index (χ0) is 26.0. The van der Waals surface area contributed by atoms with E-state index in [1.165, 1.54) is 48.4 Å². The molecule has 3 aromatic rings. The molecule has 36 heavy (non-hydrogen) atoms. The molecule has 1 heterocycles. The van der Waals surface area contributed by atoms with Crippen LogP contribution >= 0.6 is 0 Å². The second kappa shape index (κ2) is 9.71. The number of Topliss-reactive ketones (excluding diaryl/α,β-unsaturated/α-hetero) is 1. The van der Waals surface area contributed by atoms with Crippen LogP contribution in [0.4, 0.5) is 5.69 Å². The molecule has 1 atom stereocenters. The number of nitro groups is 1. The van der Waals surface area contributed by atoms with Crippen molar-refractivity contribution in [3.8, 4) is 5.75 Å². The summed E-state index contributed by atoms with van der Waals surface area (Å²) in [6, 6.07) is 16.6. The number of benzene rings is 3. The largest absolute Gasteiger partial charge is 0.507 e. The van der Waals surface area contributed by atoms with E-state index in [-0.39, 0.29) is 28.9 Å².